The SMILES string of the molecule is COc1ccc(Cn2c(C)c(CNCc3cccnc3)c(C(=O)O)c2C)cc1. The first-order valence-electron chi connectivity index (χ1n) is 9.15. The molecule has 0 aliphatic carbocycles. The van der Waals surface area contributed by atoms with Gasteiger partial charge in [-0.15, -0.1) is 0 Å². The number of rotatable bonds is 8. The summed E-state index contributed by atoms with van der Waals surface area (Å²) in [4.78, 5) is 16.0. The van der Waals surface area contributed by atoms with Crippen LogP contribution in [0, 0.1) is 13.8 Å². The fraction of sp³-hybridized carbons (Fsp3) is 0.273. The molecule has 0 aliphatic rings. The zero-order valence-corrected chi connectivity index (χ0v) is 16.4. The van der Waals surface area contributed by atoms with Gasteiger partial charge in [0.1, 0.15) is 5.75 Å². The molecule has 2 N–H and O–H groups in total. The number of hydrogen-bond acceptors (Lipinski definition) is 4. The lowest BCUT2D eigenvalue weighted by Gasteiger charge is -2.11. The number of aromatic carboxylic acids is 1. The van der Waals surface area contributed by atoms with Crippen LogP contribution in [0.4, 0.5) is 0 Å². The van der Waals surface area contributed by atoms with Gasteiger partial charge < -0.3 is 19.7 Å². The number of carbonyl (C=O) groups is 1. The molecule has 0 bridgehead atoms. The van der Waals surface area contributed by atoms with Crippen LogP contribution in [-0.4, -0.2) is 27.7 Å². The van der Waals surface area contributed by atoms with Crippen LogP contribution in [0.5, 0.6) is 5.75 Å². The predicted molar refractivity (Wildman–Crippen MR) is 108 cm³/mol. The fourth-order valence-corrected chi connectivity index (χ4v) is 3.43. The summed E-state index contributed by atoms with van der Waals surface area (Å²) in [6.07, 6.45) is 3.54. The molecular weight excluding hydrogens is 354 g/mol. The summed E-state index contributed by atoms with van der Waals surface area (Å²) in [5.41, 5.74) is 5.08. The number of hydrogen-bond donors (Lipinski definition) is 2. The van der Waals surface area contributed by atoms with E-state index in [0.717, 1.165) is 33.8 Å². The van der Waals surface area contributed by atoms with E-state index in [1.807, 2.05) is 50.2 Å². The van der Waals surface area contributed by atoms with Gasteiger partial charge in [-0.2, -0.15) is 0 Å². The van der Waals surface area contributed by atoms with Crippen LogP contribution in [0.25, 0.3) is 0 Å². The second kappa shape index (κ2) is 8.71. The van der Waals surface area contributed by atoms with Crippen molar-refractivity contribution in [3.8, 4) is 5.75 Å². The number of carboxylic acids is 1. The number of nitrogens with one attached hydrogen (secondary N) is 1. The van der Waals surface area contributed by atoms with Gasteiger partial charge in [-0.25, -0.2) is 4.79 Å². The van der Waals surface area contributed by atoms with Gasteiger partial charge in [-0.05, 0) is 43.2 Å². The summed E-state index contributed by atoms with van der Waals surface area (Å²) in [6.45, 7) is 5.58. The van der Waals surface area contributed by atoms with Gasteiger partial charge >= 0.3 is 5.97 Å². The minimum atomic E-state index is -0.896. The Bertz CT molecular complexity index is 947. The average molecular weight is 379 g/mol. The Morgan fingerprint density at radius 1 is 1.11 bits per heavy atom. The van der Waals surface area contributed by atoms with E-state index in [2.05, 4.69) is 14.9 Å². The topological polar surface area (TPSA) is 76.4 Å². The van der Waals surface area contributed by atoms with Gasteiger partial charge in [0.2, 0.25) is 0 Å². The third-order valence-corrected chi connectivity index (χ3v) is 4.98. The van der Waals surface area contributed by atoms with Crippen LogP contribution < -0.4 is 10.1 Å². The van der Waals surface area contributed by atoms with Crippen LogP contribution >= 0.6 is 0 Å². The number of nitrogens with zero attached hydrogens (tertiary/aromatic N) is 2. The number of benzene rings is 1. The predicted octanol–water partition coefficient (Wildman–Crippen LogP) is 3.54. The number of pyridine rings is 1. The van der Waals surface area contributed by atoms with E-state index in [-0.39, 0.29) is 0 Å². The van der Waals surface area contributed by atoms with Crippen molar-refractivity contribution in [3.05, 3.63) is 82.4 Å². The molecule has 0 fully saturated rings. The monoisotopic (exact) mass is 379 g/mol. The number of aromatic nitrogens is 2. The highest BCUT2D eigenvalue weighted by Crippen LogP contribution is 2.24. The third-order valence-electron chi connectivity index (χ3n) is 4.98. The molecule has 6 nitrogen and oxygen atoms in total. The summed E-state index contributed by atoms with van der Waals surface area (Å²) in [6, 6.07) is 11.7. The second-order valence-electron chi connectivity index (χ2n) is 6.73. The fourth-order valence-electron chi connectivity index (χ4n) is 3.43. The van der Waals surface area contributed by atoms with E-state index in [0.29, 0.717) is 25.2 Å². The van der Waals surface area contributed by atoms with Crippen molar-refractivity contribution >= 4 is 5.97 Å². The maximum absolute atomic E-state index is 11.9. The zero-order chi connectivity index (χ0) is 20.1. The third kappa shape index (κ3) is 4.23. The molecule has 0 aliphatic heterocycles. The van der Waals surface area contributed by atoms with E-state index < -0.39 is 5.97 Å². The van der Waals surface area contributed by atoms with Gasteiger partial charge in [-0.3, -0.25) is 4.98 Å². The van der Waals surface area contributed by atoms with E-state index in [1.54, 1.807) is 19.5 Å². The van der Waals surface area contributed by atoms with Crippen molar-refractivity contribution in [1.82, 2.24) is 14.9 Å². The molecule has 28 heavy (non-hydrogen) atoms. The van der Waals surface area contributed by atoms with Crippen LogP contribution in [0.15, 0.2) is 48.8 Å². The molecular formula is C22H25N3O3. The second-order valence-corrected chi connectivity index (χ2v) is 6.73. The van der Waals surface area contributed by atoms with Crippen molar-refractivity contribution in [2.75, 3.05) is 7.11 Å². The highest BCUT2D eigenvalue weighted by atomic mass is 16.5. The molecule has 0 atom stereocenters. The maximum Gasteiger partial charge on any atom is 0.337 e. The molecule has 2 aromatic heterocycles. The molecule has 2 heterocycles. The Hall–Kier alpha value is -3.12. The number of carboxylic acid groups (broad SMARTS) is 1. The maximum atomic E-state index is 11.9. The molecule has 0 saturated heterocycles. The Morgan fingerprint density at radius 2 is 1.86 bits per heavy atom. The minimum Gasteiger partial charge on any atom is -0.497 e. The molecule has 1 aromatic carbocycles. The van der Waals surface area contributed by atoms with Crippen LogP contribution in [0.1, 0.15) is 38.4 Å². The molecule has 0 saturated carbocycles. The standard InChI is InChI=1S/C22H25N3O3/c1-15-20(13-24-12-18-5-4-10-23-11-18)21(22(26)27)16(2)25(15)14-17-6-8-19(28-3)9-7-17/h4-11,24H,12-14H2,1-3H3,(H,26,27). The van der Waals surface area contributed by atoms with Gasteiger partial charge in [-0.1, -0.05) is 18.2 Å². The Kier molecular flexibility index (Phi) is 6.11. The first-order chi connectivity index (χ1) is 13.5. The number of ether oxygens (including phenoxy) is 1. The highest BCUT2D eigenvalue weighted by Gasteiger charge is 2.22. The molecule has 0 spiro atoms. The summed E-state index contributed by atoms with van der Waals surface area (Å²) in [5, 5.41) is 13.1. The first kappa shape index (κ1) is 19.6. The summed E-state index contributed by atoms with van der Waals surface area (Å²) in [5.74, 6) is -0.0940. The molecule has 146 valence electrons. The molecule has 0 unspecified atom stereocenters. The molecule has 6 heteroatoms. The molecule has 0 radical (unpaired) electrons. The average Bonchev–Trinajstić information content (AvgIpc) is 2.94. The van der Waals surface area contributed by atoms with E-state index >= 15 is 0 Å². The van der Waals surface area contributed by atoms with Crippen LogP contribution in [-0.2, 0) is 19.6 Å². The van der Waals surface area contributed by atoms with Crippen molar-refractivity contribution in [2.24, 2.45) is 0 Å². The van der Waals surface area contributed by atoms with E-state index in [4.69, 9.17) is 4.74 Å². The summed E-state index contributed by atoms with van der Waals surface area (Å²) in [7, 11) is 1.64. The highest BCUT2D eigenvalue weighted by molar-refractivity contribution is 5.91. The minimum absolute atomic E-state index is 0.379. The van der Waals surface area contributed by atoms with Crippen molar-refractivity contribution in [1.29, 1.82) is 0 Å². The Morgan fingerprint density at radius 3 is 2.46 bits per heavy atom. The summed E-state index contributed by atoms with van der Waals surface area (Å²) < 4.78 is 7.27. The Labute approximate surface area is 164 Å². The lowest BCUT2D eigenvalue weighted by Crippen LogP contribution is -2.15. The van der Waals surface area contributed by atoms with Gasteiger partial charge in [0, 0.05) is 49.0 Å². The molecule has 3 rings (SSSR count). The van der Waals surface area contributed by atoms with Gasteiger partial charge in [0.05, 0.1) is 12.7 Å². The van der Waals surface area contributed by atoms with Crippen molar-refractivity contribution < 1.29 is 14.6 Å². The first-order valence-corrected chi connectivity index (χ1v) is 9.15. The van der Waals surface area contributed by atoms with Crippen LogP contribution in [0.2, 0.25) is 0 Å². The van der Waals surface area contributed by atoms with E-state index in [9.17, 15) is 9.90 Å². The smallest absolute Gasteiger partial charge is 0.337 e. The van der Waals surface area contributed by atoms with Crippen molar-refractivity contribution in [3.63, 3.8) is 0 Å². The summed E-state index contributed by atoms with van der Waals surface area (Å²) >= 11 is 0. The van der Waals surface area contributed by atoms with Gasteiger partial charge in [0.15, 0.2) is 0 Å². The zero-order valence-electron chi connectivity index (χ0n) is 16.4. The van der Waals surface area contributed by atoms with Crippen LogP contribution in [0.3, 0.4) is 0 Å². The lowest BCUT2D eigenvalue weighted by atomic mass is 10.1. The lowest BCUT2D eigenvalue weighted by molar-refractivity contribution is 0.0694. The largest absolute Gasteiger partial charge is 0.497 e. The quantitative estimate of drug-likeness (QED) is 0.626. The molecule has 0 amide bonds. The van der Waals surface area contributed by atoms with E-state index in [1.165, 1.54) is 0 Å². The Balaban J connectivity index is 1.83. The normalized spacial score (nSPS) is 10.8. The molecule has 3 aromatic rings. The van der Waals surface area contributed by atoms with Gasteiger partial charge in [0.25, 0.3) is 0 Å². The van der Waals surface area contributed by atoms with Crippen molar-refractivity contribution in [2.45, 2.75) is 33.5 Å². The number of methoxy groups -OCH3 is 1.